The van der Waals surface area contributed by atoms with E-state index in [0.29, 0.717) is 6.04 Å². The van der Waals surface area contributed by atoms with Gasteiger partial charge in [-0.05, 0) is 46.7 Å². The van der Waals surface area contributed by atoms with Crippen molar-refractivity contribution < 1.29 is 4.79 Å². The molecule has 1 aliphatic rings. The van der Waals surface area contributed by atoms with Gasteiger partial charge < -0.3 is 16.0 Å². The summed E-state index contributed by atoms with van der Waals surface area (Å²) in [7, 11) is 2.11. The van der Waals surface area contributed by atoms with Crippen LogP contribution in [0.3, 0.4) is 0 Å². The highest BCUT2D eigenvalue weighted by molar-refractivity contribution is 5.79. The molecule has 1 fully saturated rings. The van der Waals surface area contributed by atoms with E-state index in [1.807, 2.05) is 0 Å². The monoisotopic (exact) mass is 241 g/mol. The largest absolute Gasteiger partial charge is 0.356 e. The van der Waals surface area contributed by atoms with Crippen LogP contribution in [0.2, 0.25) is 0 Å². The van der Waals surface area contributed by atoms with Crippen LogP contribution in [0.25, 0.3) is 0 Å². The highest BCUT2D eigenvalue weighted by atomic mass is 16.1. The number of carbonyl (C=O) groups is 1. The van der Waals surface area contributed by atoms with Crippen LogP contribution in [0.5, 0.6) is 0 Å². The Morgan fingerprint density at radius 3 is 2.71 bits per heavy atom. The molecule has 0 aromatic carbocycles. The maximum Gasteiger partial charge on any atom is 0.224 e. The average Bonchev–Trinajstić information content (AvgIpc) is 2.70. The summed E-state index contributed by atoms with van der Waals surface area (Å²) in [5, 5.41) is 3.00. The highest BCUT2D eigenvalue weighted by Gasteiger charge is 2.29. The summed E-state index contributed by atoms with van der Waals surface area (Å²) in [4.78, 5) is 14.1. The fourth-order valence-electron chi connectivity index (χ4n) is 2.24. The van der Waals surface area contributed by atoms with Crippen molar-refractivity contribution in [2.24, 2.45) is 11.7 Å². The van der Waals surface area contributed by atoms with E-state index in [0.717, 1.165) is 38.8 Å². The van der Waals surface area contributed by atoms with E-state index < -0.39 is 0 Å². The zero-order chi connectivity index (χ0) is 12.8. The van der Waals surface area contributed by atoms with Crippen LogP contribution in [-0.4, -0.2) is 43.0 Å². The molecule has 0 radical (unpaired) electrons. The van der Waals surface area contributed by atoms with Crippen LogP contribution in [-0.2, 0) is 4.79 Å². The first-order valence-electron chi connectivity index (χ1n) is 6.76. The van der Waals surface area contributed by atoms with Crippen LogP contribution < -0.4 is 11.1 Å². The second kappa shape index (κ2) is 6.97. The molecule has 1 rings (SSSR count). The Balaban J connectivity index is 2.12. The van der Waals surface area contributed by atoms with Gasteiger partial charge in [0.15, 0.2) is 0 Å². The number of hydrogen-bond donors (Lipinski definition) is 2. The van der Waals surface area contributed by atoms with Gasteiger partial charge in [-0.25, -0.2) is 0 Å². The van der Waals surface area contributed by atoms with Crippen molar-refractivity contribution in [1.82, 2.24) is 10.2 Å². The van der Waals surface area contributed by atoms with Crippen molar-refractivity contribution in [2.45, 2.75) is 51.6 Å². The van der Waals surface area contributed by atoms with Crippen LogP contribution >= 0.6 is 0 Å². The third-order valence-electron chi connectivity index (χ3n) is 3.77. The maximum absolute atomic E-state index is 11.8. The molecule has 1 aliphatic carbocycles. The molecule has 3 N–H and O–H groups in total. The Hall–Kier alpha value is -0.610. The SMILES string of the molecule is CC(C)N(C)CCCNC(=O)C1CCCC1N. The zero-order valence-electron chi connectivity index (χ0n) is 11.4. The lowest BCUT2D eigenvalue weighted by Crippen LogP contribution is -2.39. The molecule has 1 amide bonds. The summed E-state index contributed by atoms with van der Waals surface area (Å²) in [6.07, 6.45) is 4.05. The molecule has 0 bridgehead atoms. The fourth-order valence-corrected chi connectivity index (χ4v) is 2.24. The number of carbonyl (C=O) groups excluding carboxylic acids is 1. The van der Waals surface area contributed by atoms with Crippen molar-refractivity contribution in [3.05, 3.63) is 0 Å². The minimum Gasteiger partial charge on any atom is -0.356 e. The second-order valence-electron chi connectivity index (χ2n) is 5.42. The molecule has 0 aromatic heterocycles. The van der Waals surface area contributed by atoms with Crippen molar-refractivity contribution in [1.29, 1.82) is 0 Å². The molecular weight excluding hydrogens is 214 g/mol. The predicted molar refractivity (Wildman–Crippen MR) is 70.7 cm³/mol. The first-order valence-corrected chi connectivity index (χ1v) is 6.76. The predicted octanol–water partition coefficient (Wildman–Crippen LogP) is 0.960. The van der Waals surface area contributed by atoms with E-state index >= 15 is 0 Å². The average molecular weight is 241 g/mol. The van der Waals surface area contributed by atoms with E-state index in [-0.39, 0.29) is 17.9 Å². The lowest BCUT2D eigenvalue weighted by molar-refractivity contribution is -0.125. The smallest absolute Gasteiger partial charge is 0.224 e. The first-order chi connectivity index (χ1) is 8.02. The summed E-state index contributed by atoms with van der Waals surface area (Å²) in [6, 6.07) is 0.641. The minimum absolute atomic E-state index is 0.0535. The molecule has 0 aromatic rings. The van der Waals surface area contributed by atoms with E-state index in [9.17, 15) is 4.79 Å². The van der Waals surface area contributed by atoms with Gasteiger partial charge in [-0.1, -0.05) is 6.42 Å². The fraction of sp³-hybridized carbons (Fsp3) is 0.923. The molecule has 0 spiro atoms. The summed E-state index contributed by atoms with van der Waals surface area (Å²) < 4.78 is 0. The first kappa shape index (κ1) is 14.5. The molecule has 0 aliphatic heterocycles. The van der Waals surface area contributed by atoms with Crippen molar-refractivity contribution in [3.63, 3.8) is 0 Å². The lowest BCUT2D eigenvalue weighted by Gasteiger charge is -2.21. The summed E-state index contributed by atoms with van der Waals surface area (Å²) in [5.74, 6) is 0.208. The Morgan fingerprint density at radius 2 is 2.18 bits per heavy atom. The van der Waals surface area contributed by atoms with Gasteiger partial charge in [0.05, 0.1) is 5.92 Å². The number of nitrogens with one attached hydrogen (secondary N) is 1. The molecule has 0 heterocycles. The van der Waals surface area contributed by atoms with Gasteiger partial charge in [0.1, 0.15) is 0 Å². The Morgan fingerprint density at radius 1 is 1.47 bits per heavy atom. The van der Waals surface area contributed by atoms with Crippen molar-refractivity contribution >= 4 is 5.91 Å². The quantitative estimate of drug-likeness (QED) is 0.681. The van der Waals surface area contributed by atoms with E-state index in [1.165, 1.54) is 0 Å². The molecular formula is C13H27N3O. The normalized spacial score (nSPS) is 24.6. The van der Waals surface area contributed by atoms with Gasteiger partial charge >= 0.3 is 0 Å². The molecule has 100 valence electrons. The standard InChI is InChI=1S/C13H27N3O/c1-10(2)16(3)9-5-8-15-13(17)11-6-4-7-12(11)14/h10-12H,4-9,14H2,1-3H3,(H,15,17). The van der Waals surface area contributed by atoms with E-state index in [1.54, 1.807) is 0 Å². The number of rotatable bonds is 6. The van der Waals surface area contributed by atoms with Gasteiger partial charge in [0, 0.05) is 18.6 Å². The number of nitrogens with zero attached hydrogens (tertiary/aromatic N) is 1. The maximum atomic E-state index is 11.8. The van der Waals surface area contributed by atoms with E-state index in [4.69, 9.17) is 5.73 Å². The minimum atomic E-state index is 0.0535. The van der Waals surface area contributed by atoms with Gasteiger partial charge in [0.25, 0.3) is 0 Å². The van der Waals surface area contributed by atoms with Gasteiger partial charge in [-0.2, -0.15) is 0 Å². The molecule has 1 saturated carbocycles. The van der Waals surface area contributed by atoms with Gasteiger partial charge in [-0.3, -0.25) is 4.79 Å². The summed E-state index contributed by atoms with van der Waals surface area (Å²) >= 11 is 0. The molecule has 17 heavy (non-hydrogen) atoms. The third kappa shape index (κ3) is 4.64. The number of hydrogen-bond acceptors (Lipinski definition) is 3. The van der Waals surface area contributed by atoms with Crippen molar-refractivity contribution in [2.75, 3.05) is 20.1 Å². The molecule has 0 saturated heterocycles. The number of amides is 1. The Bertz CT molecular complexity index is 243. The highest BCUT2D eigenvalue weighted by Crippen LogP contribution is 2.23. The Labute approximate surface area is 105 Å². The molecule has 4 nitrogen and oxygen atoms in total. The van der Waals surface area contributed by atoms with Gasteiger partial charge in [-0.15, -0.1) is 0 Å². The van der Waals surface area contributed by atoms with Crippen molar-refractivity contribution in [3.8, 4) is 0 Å². The molecule has 2 atom stereocenters. The lowest BCUT2D eigenvalue weighted by atomic mass is 10.0. The van der Waals surface area contributed by atoms with E-state index in [2.05, 4.69) is 31.1 Å². The second-order valence-corrected chi connectivity index (χ2v) is 5.42. The molecule has 2 unspecified atom stereocenters. The zero-order valence-corrected chi connectivity index (χ0v) is 11.4. The van der Waals surface area contributed by atoms with Crippen LogP contribution in [0, 0.1) is 5.92 Å². The summed E-state index contributed by atoms with van der Waals surface area (Å²) in [5.41, 5.74) is 5.90. The molecule has 4 heteroatoms. The third-order valence-corrected chi connectivity index (χ3v) is 3.77. The Kier molecular flexibility index (Phi) is 5.92. The van der Waals surface area contributed by atoms with Crippen LogP contribution in [0.15, 0.2) is 0 Å². The topological polar surface area (TPSA) is 58.4 Å². The van der Waals surface area contributed by atoms with Gasteiger partial charge in [0.2, 0.25) is 5.91 Å². The summed E-state index contributed by atoms with van der Waals surface area (Å²) in [6.45, 7) is 6.14. The van der Waals surface area contributed by atoms with Crippen LogP contribution in [0.4, 0.5) is 0 Å². The number of nitrogens with two attached hydrogens (primary N) is 1. The van der Waals surface area contributed by atoms with Crippen LogP contribution in [0.1, 0.15) is 39.5 Å².